The molecule has 2 aromatic rings. The Balaban J connectivity index is 0. The second-order valence-electron chi connectivity index (χ2n) is 4.92. The highest BCUT2D eigenvalue weighted by Crippen LogP contribution is 2.22. The van der Waals surface area contributed by atoms with E-state index >= 15 is 0 Å². The Kier molecular flexibility index (Phi) is 14.8. The summed E-state index contributed by atoms with van der Waals surface area (Å²) >= 11 is 0. The van der Waals surface area contributed by atoms with E-state index in [2.05, 4.69) is 0 Å². The van der Waals surface area contributed by atoms with Crippen LogP contribution in [0.2, 0.25) is 0 Å². The van der Waals surface area contributed by atoms with Crippen LogP contribution >= 0.6 is 0 Å². The second kappa shape index (κ2) is 14.6. The fourth-order valence-corrected chi connectivity index (χ4v) is 1.67. The fourth-order valence-electron chi connectivity index (χ4n) is 1.67. The maximum absolute atomic E-state index is 10.6. The lowest BCUT2D eigenvalue weighted by molar-refractivity contribution is 0.0531. The summed E-state index contributed by atoms with van der Waals surface area (Å²) in [5, 5.41) is 9.79. The second-order valence-corrected chi connectivity index (χ2v) is 4.92. The molecule has 1 unspecified atom stereocenters. The van der Waals surface area contributed by atoms with Crippen molar-refractivity contribution >= 4 is 5.78 Å². The van der Waals surface area contributed by atoms with Gasteiger partial charge >= 0.3 is 0 Å². The average molecular weight is 331 g/mol. The highest BCUT2D eigenvalue weighted by atomic mass is 16.3. The zero-order chi connectivity index (χ0) is 19.0. The third kappa shape index (κ3) is 9.96. The van der Waals surface area contributed by atoms with Gasteiger partial charge in [0.1, 0.15) is 0 Å². The summed E-state index contributed by atoms with van der Waals surface area (Å²) in [4.78, 5) is 10.6. The SMILES string of the molecule is CC.CC.CC(=O)c1ccccc1.CCC(C)(O)c1ccccc1. The maximum atomic E-state index is 10.6. The van der Waals surface area contributed by atoms with E-state index < -0.39 is 5.60 Å². The van der Waals surface area contributed by atoms with Gasteiger partial charge in [-0.3, -0.25) is 4.79 Å². The van der Waals surface area contributed by atoms with Crippen molar-refractivity contribution in [2.24, 2.45) is 0 Å². The molecule has 0 saturated carbocycles. The molecule has 0 aromatic heterocycles. The molecule has 2 rings (SSSR count). The molecule has 0 saturated heterocycles. The van der Waals surface area contributed by atoms with Crippen LogP contribution in [-0.2, 0) is 5.60 Å². The van der Waals surface area contributed by atoms with Crippen LogP contribution in [0.25, 0.3) is 0 Å². The Hall–Kier alpha value is -1.93. The van der Waals surface area contributed by atoms with Crippen LogP contribution in [0.5, 0.6) is 0 Å². The Labute approximate surface area is 148 Å². The molecular formula is C22H34O2. The van der Waals surface area contributed by atoms with Crippen LogP contribution in [0.15, 0.2) is 60.7 Å². The molecule has 0 fully saturated rings. The van der Waals surface area contributed by atoms with Crippen molar-refractivity contribution in [2.75, 3.05) is 0 Å². The summed E-state index contributed by atoms with van der Waals surface area (Å²) in [5.74, 6) is 0.121. The lowest BCUT2D eigenvalue weighted by Crippen LogP contribution is -2.19. The Morgan fingerprint density at radius 2 is 1.25 bits per heavy atom. The molecule has 2 heteroatoms. The average Bonchev–Trinajstić information content (AvgIpc) is 2.67. The molecule has 134 valence electrons. The van der Waals surface area contributed by atoms with E-state index in [0.717, 1.165) is 17.5 Å². The molecule has 0 amide bonds. The summed E-state index contributed by atoms with van der Waals surface area (Å²) in [6, 6.07) is 19.0. The van der Waals surface area contributed by atoms with Crippen molar-refractivity contribution in [3.8, 4) is 0 Å². The van der Waals surface area contributed by atoms with Gasteiger partial charge in [0, 0.05) is 5.56 Å². The van der Waals surface area contributed by atoms with Crippen LogP contribution < -0.4 is 0 Å². The van der Waals surface area contributed by atoms with Gasteiger partial charge in [-0.2, -0.15) is 0 Å². The monoisotopic (exact) mass is 330 g/mol. The summed E-state index contributed by atoms with van der Waals surface area (Å²) in [6.45, 7) is 13.4. The molecule has 0 spiro atoms. The molecule has 24 heavy (non-hydrogen) atoms. The molecule has 0 radical (unpaired) electrons. The van der Waals surface area contributed by atoms with Gasteiger partial charge in [-0.05, 0) is 25.8 Å². The highest BCUT2D eigenvalue weighted by Gasteiger charge is 2.18. The van der Waals surface area contributed by atoms with Gasteiger partial charge in [-0.15, -0.1) is 0 Å². The van der Waals surface area contributed by atoms with Gasteiger partial charge in [0.25, 0.3) is 0 Å². The van der Waals surface area contributed by atoms with Crippen molar-refractivity contribution in [3.63, 3.8) is 0 Å². The summed E-state index contributed by atoms with van der Waals surface area (Å²) in [5.41, 5.74) is 1.10. The highest BCUT2D eigenvalue weighted by molar-refractivity contribution is 5.93. The van der Waals surface area contributed by atoms with Crippen molar-refractivity contribution in [1.29, 1.82) is 0 Å². The zero-order valence-corrected chi connectivity index (χ0v) is 16.3. The number of carbonyl (C=O) groups excluding carboxylic acids is 1. The van der Waals surface area contributed by atoms with Gasteiger partial charge in [0.2, 0.25) is 0 Å². The third-order valence-electron chi connectivity index (χ3n) is 3.26. The largest absolute Gasteiger partial charge is 0.385 e. The molecule has 2 aromatic carbocycles. The van der Waals surface area contributed by atoms with E-state index in [4.69, 9.17) is 0 Å². The first-order chi connectivity index (χ1) is 11.5. The number of benzene rings is 2. The van der Waals surface area contributed by atoms with Gasteiger partial charge in [-0.25, -0.2) is 0 Å². The number of Topliss-reactive ketones (excluding diaryl/α,β-unsaturated/α-hetero) is 1. The Morgan fingerprint density at radius 3 is 1.54 bits per heavy atom. The predicted molar refractivity (Wildman–Crippen MR) is 105 cm³/mol. The van der Waals surface area contributed by atoms with Crippen LogP contribution in [0.1, 0.15) is 70.8 Å². The first-order valence-electron chi connectivity index (χ1n) is 8.81. The van der Waals surface area contributed by atoms with Gasteiger partial charge < -0.3 is 5.11 Å². The van der Waals surface area contributed by atoms with E-state index in [0.29, 0.717) is 0 Å². The molecule has 0 aliphatic heterocycles. The predicted octanol–water partition coefficient (Wildman–Crippen LogP) is 6.25. The van der Waals surface area contributed by atoms with E-state index in [-0.39, 0.29) is 5.78 Å². The van der Waals surface area contributed by atoms with Crippen LogP contribution in [0.3, 0.4) is 0 Å². The molecule has 0 aliphatic carbocycles. The Morgan fingerprint density at radius 1 is 0.875 bits per heavy atom. The molecule has 0 heterocycles. The van der Waals surface area contributed by atoms with Crippen molar-refractivity contribution in [3.05, 3.63) is 71.8 Å². The lowest BCUT2D eigenvalue weighted by Gasteiger charge is -2.21. The minimum atomic E-state index is -0.665. The van der Waals surface area contributed by atoms with E-state index in [9.17, 15) is 9.90 Å². The topological polar surface area (TPSA) is 37.3 Å². The quantitative estimate of drug-likeness (QED) is 0.676. The number of hydrogen-bond donors (Lipinski definition) is 1. The van der Waals surface area contributed by atoms with Gasteiger partial charge in [0.15, 0.2) is 5.78 Å². The smallest absolute Gasteiger partial charge is 0.159 e. The van der Waals surface area contributed by atoms with Crippen LogP contribution in [0, 0.1) is 0 Å². The van der Waals surface area contributed by atoms with E-state index in [1.807, 2.05) is 102 Å². The molecule has 0 aliphatic rings. The third-order valence-corrected chi connectivity index (χ3v) is 3.26. The molecule has 0 bridgehead atoms. The number of aliphatic hydroxyl groups is 1. The molecule has 1 atom stereocenters. The fraction of sp³-hybridized carbons (Fsp3) is 0.409. The molecule has 2 nitrogen and oxygen atoms in total. The van der Waals surface area contributed by atoms with Gasteiger partial charge in [0.05, 0.1) is 5.60 Å². The molecule has 1 N–H and O–H groups in total. The van der Waals surface area contributed by atoms with Crippen LogP contribution in [0.4, 0.5) is 0 Å². The van der Waals surface area contributed by atoms with Crippen molar-refractivity contribution in [2.45, 2.75) is 60.5 Å². The minimum Gasteiger partial charge on any atom is -0.385 e. The number of carbonyl (C=O) groups is 1. The Bertz CT molecular complexity index is 516. The number of ketones is 1. The minimum absolute atomic E-state index is 0.121. The van der Waals surface area contributed by atoms with Gasteiger partial charge in [-0.1, -0.05) is 95.3 Å². The maximum Gasteiger partial charge on any atom is 0.159 e. The van der Waals surface area contributed by atoms with Crippen molar-refractivity contribution < 1.29 is 9.90 Å². The zero-order valence-electron chi connectivity index (χ0n) is 16.3. The normalized spacial score (nSPS) is 11.2. The van der Waals surface area contributed by atoms with Crippen molar-refractivity contribution in [1.82, 2.24) is 0 Å². The standard InChI is InChI=1S/C10H14O.C8H8O.2C2H6/c1-3-10(2,11)9-7-5-4-6-8-9;1-7(9)8-5-3-2-4-6-8;2*1-2/h4-8,11H,3H2,1-2H3;2-6H,1H3;2*1-2H3. The lowest BCUT2D eigenvalue weighted by atomic mass is 9.94. The van der Waals surface area contributed by atoms with E-state index in [1.54, 1.807) is 6.92 Å². The first-order valence-corrected chi connectivity index (χ1v) is 8.81. The molecular weight excluding hydrogens is 296 g/mol. The number of rotatable bonds is 3. The van der Waals surface area contributed by atoms with E-state index in [1.165, 1.54) is 0 Å². The summed E-state index contributed by atoms with van der Waals surface area (Å²) < 4.78 is 0. The summed E-state index contributed by atoms with van der Waals surface area (Å²) in [6.07, 6.45) is 0.747. The first kappa shape index (κ1) is 24.3. The van der Waals surface area contributed by atoms with Crippen LogP contribution in [-0.4, -0.2) is 10.9 Å². The summed E-state index contributed by atoms with van der Waals surface area (Å²) in [7, 11) is 0. The number of hydrogen-bond acceptors (Lipinski definition) is 2.